The van der Waals surface area contributed by atoms with Crippen LogP contribution in [0.4, 0.5) is 24.8 Å². The highest BCUT2D eigenvalue weighted by atomic mass is 19.4. The van der Waals surface area contributed by atoms with Crippen LogP contribution in [0.15, 0.2) is 30.5 Å². The summed E-state index contributed by atoms with van der Waals surface area (Å²) in [6.07, 6.45) is 5.33. The SMILES string of the molecule is CCCCCCc1ccc(Nc2ncc(C(F)(F)F)c(OC3CCCC3)n2)cc1. The van der Waals surface area contributed by atoms with Crippen molar-refractivity contribution in [3.63, 3.8) is 0 Å². The number of ether oxygens (including phenoxy) is 1. The molecule has 0 amide bonds. The van der Waals surface area contributed by atoms with Gasteiger partial charge >= 0.3 is 6.18 Å². The molecule has 1 aromatic carbocycles. The molecule has 7 heteroatoms. The number of halogens is 3. The molecule has 0 spiro atoms. The van der Waals surface area contributed by atoms with E-state index in [0.29, 0.717) is 0 Å². The van der Waals surface area contributed by atoms with Gasteiger partial charge in [-0.1, -0.05) is 38.3 Å². The molecule has 0 unspecified atom stereocenters. The van der Waals surface area contributed by atoms with Crippen molar-refractivity contribution in [2.75, 3.05) is 5.32 Å². The maximum Gasteiger partial charge on any atom is 0.423 e. The maximum absolute atomic E-state index is 13.3. The maximum atomic E-state index is 13.3. The second-order valence-electron chi connectivity index (χ2n) is 7.57. The molecule has 1 aliphatic rings. The minimum atomic E-state index is -4.55. The van der Waals surface area contributed by atoms with Crippen LogP contribution in [-0.4, -0.2) is 16.1 Å². The Balaban J connectivity index is 1.68. The van der Waals surface area contributed by atoms with E-state index < -0.39 is 17.6 Å². The van der Waals surface area contributed by atoms with Gasteiger partial charge in [0.15, 0.2) is 0 Å². The lowest BCUT2D eigenvalue weighted by Crippen LogP contribution is -2.17. The first-order valence-electron chi connectivity index (χ1n) is 10.4. The summed E-state index contributed by atoms with van der Waals surface area (Å²) in [4.78, 5) is 7.87. The Morgan fingerprint density at radius 1 is 1.07 bits per heavy atom. The molecule has 0 aliphatic heterocycles. The summed E-state index contributed by atoms with van der Waals surface area (Å²) in [6.45, 7) is 2.19. The van der Waals surface area contributed by atoms with Crippen molar-refractivity contribution in [2.45, 2.75) is 77.0 Å². The Morgan fingerprint density at radius 2 is 1.79 bits per heavy atom. The van der Waals surface area contributed by atoms with Gasteiger partial charge in [0, 0.05) is 11.9 Å². The van der Waals surface area contributed by atoms with Crippen molar-refractivity contribution in [1.82, 2.24) is 9.97 Å². The summed E-state index contributed by atoms with van der Waals surface area (Å²) in [5, 5.41) is 2.98. The van der Waals surface area contributed by atoms with Crippen LogP contribution in [0.3, 0.4) is 0 Å². The number of rotatable bonds is 9. The van der Waals surface area contributed by atoms with Crippen molar-refractivity contribution in [3.05, 3.63) is 41.6 Å². The van der Waals surface area contributed by atoms with Crippen LogP contribution in [0.5, 0.6) is 5.88 Å². The molecule has 3 rings (SSSR count). The summed E-state index contributed by atoms with van der Waals surface area (Å²) in [6, 6.07) is 7.84. The highest BCUT2D eigenvalue weighted by molar-refractivity contribution is 5.54. The molecule has 1 saturated carbocycles. The first kappa shape index (κ1) is 21.4. The van der Waals surface area contributed by atoms with Crippen LogP contribution in [0, 0.1) is 0 Å². The van der Waals surface area contributed by atoms with E-state index in [1.165, 1.54) is 24.8 Å². The smallest absolute Gasteiger partial charge is 0.423 e. The Bertz CT molecular complexity index is 772. The minimum Gasteiger partial charge on any atom is -0.474 e. The molecule has 0 radical (unpaired) electrons. The molecule has 4 nitrogen and oxygen atoms in total. The number of hydrogen-bond donors (Lipinski definition) is 1. The number of aromatic nitrogens is 2. The van der Waals surface area contributed by atoms with Gasteiger partial charge in [0.2, 0.25) is 11.8 Å². The number of anilines is 2. The fourth-order valence-electron chi connectivity index (χ4n) is 3.51. The van der Waals surface area contributed by atoms with Crippen molar-refractivity contribution in [1.29, 1.82) is 0 Å². The van der Waals surface area contributed by atoms with E-state index in [2.05, 4.69) is 22.2 Å². The zero-order chi connectivity index (χ0) is 20.7. The van der Waals surface area contributed by atoms with E-state index in [9.17, 15) is 13.2 Å². The highest BCUT2D eigenvalue weighted by Crippen LogP contribution is 2.37. The van der Waals surface area contributed by atoms with Gasteiger partial charge < -0.3 is 10.1 Å². The lowest BCUT2D eigenvalue weighted by atomic mass is 10.1. The van der Waals surface area contributed by atoms with Crippen LogP contribution in [0.2, 0.25) is 0 Å². The average Bonchev–Trinajstić information content (AvgIpc) is 3.19. The normalized spacial score (nSPS) is 14.9. The molecule has 1 aromatic heterocycles. The summed E-state index contributed by atoms with van der Waals surface area (Å²) in [5.41, 5.74) is 1.04. The van der Waals surface area contributed by atoms with E-state index in [-0.39, 0.29) is 12.1 Å². The van der Waals surface area contributed by atoms with Crippen LogP contribution in [-0.2, 0) is 12.6 Å². The van der Waals surface area contributed by atoms with E-state index in [1.807, 2.05) is 24.3 Å². The third-order valence-corrected chi connectivity index (χ3v) is 5.17. The number of alkyl halides is 3. The Labute approximate surface area is 169 Å². The number of aryl methyl sites for hydroxylation is 1. The van der Waals surface area contributed by atoms with E-state index >= 15 is 0 Å². The van der Waals surface area contributed by atoms with Crippen LogP contribution >= 0.6 is 0 Å². The largest absolute Gasteiger partial charge is 0.474 e. The molecular weight excluding hydrogens is 379 g/mol. The quantitative estimate of drug-likeness (QED) is 0.471. The molecule has 158 valence electrons. The molecule has 0 bridgehead atoms. The van der Waals surface area contributed by atoms with Gasteiger partial charge in [-0.05, 0) is 56.2 Å². The summed E-state index contributed by atoms with van der Waals surface area (Å²) in [5.74, 6) is -0.295. The Hall–Kier alpha value is -2.31. The predicted molar refractivity (Wildman–Crippen MR) is 107 cm³/mol. The van der Waals surface area contributed by atoms with E-state index in [0.717, 1.165) is 50.4 Å². The van der Waals surface area contributed by atoms with Gasteiger partial charge in [-0.3, -0.25) is 0 Å². The number of unbranched alkanes of at least 4 members (excludes halogenated alkanes) is 3. The van der Waals surface area contributed by atoms with Gasteiger partial charge in [0.05, 0.1) is 0 Å². The molecule has 2 aromatic rings. The lowest BCUT2D eigenvalue weighted by molar-refractivity contribution is -0.139. The van der Waals surface area contributed by atoms with Crippen molar-refractivity contribution in [3.8, 4) is 5.88 Å². The second-order valence-corrected chi connectivity index (χ2v) is 7.57. The van der Waals surface area contributed by atoms with Gasteiger partial charge in [-0.25, -0.2) is 4.98 Å². The topological polar surface area (TPSA) is 47.0 Å². The standard InChI is InChI=1S/C22H28F3N3O/c1-2-3-4-5-8-16-11-13-17(14-12-16)27-21-26-15-19(22(23,24)25)20(28-21)29-18-9-6-7-10-18/h11-15,18H,2-10H2,1H3,(H,26,27,28). The molecule has 1 heterocycles. The van der Waals surface area contributed by atoms with Crippen molar-refractivity contribution in [2.24, 2.45) is 0 Å². The molecule has 1 fully saturated rings. The zero-order valence-electron chi connectivity index (χ0n) is 16.8. The zero-order valence-corrected chi connectivity index (χ0v) is 16.8. The Morgan fingerprint density at radius 3 is 2.45 bits per heavy atom. The monoisotopic (exact) mass is 407 g/mol. The van der Waals surface area contributed by atoms with Crippen LogP contribution in [0.1, 0.15) is 69.4 Å². The summed E-state index contributed by atoms with van der Waals surface area (Å²) < 4.78 is 45.5. The summed E-state index contributed by atoms with van der Waals surface area (Å²) >= 11 is 0. The number of nitrogens with zero attached hydrogens (tertiary/aromatic N) is 2. The first-order chi connectivity index (χ1) is 14.0. The van der Waals surface area contributed by atoms with Crippen LogP contribution < -0.4 is 10.1 Å². The Kier molecular flexibility index (Phi) is 7.34. The summed E-state index contributed by atoms with van der Waals surface area (Å²) in [7, 11) is 0. The van der Waals surface area contributed by atoms with Gasteiger partial charge in [0.1, 0.15) is 11.7 Å². The van der Waals surface area contributed by atoms with Gasteiger partial charge in [0.25, 0.3) is 0 Å². The predicted octanol–water partition coefficient (Wildman–Crippen LogP) is 6.68. The van der Waals surface area contributed by atoms with Gasteiger partial charge in [-0.2, -0.15) is 18.2 Å². The molecule has 0 saturated heterocycles. The average molecular weight is 407 g/mol. The van der Waals surface area contributed by atoms with E-state index in [1.54, 1.807) is 0 Å². The van der Waals surface area contributed by atoms with Crippen LogP contribution in [0.25, 0.3) is 0 Å². The molecule has 29 heavy (non-hydrogen) atoms. The number of benzene rings is 1. The number of nitrogens with one attached hydrogen (secondary N) is 1. The van der Waals surface area contributed by atoms with Crippen molar-refractivity contribution >= 4 is 11.6 Å². The third-order valence-electron chi connectivity index (χ3n) is 5.17. The fraction of sp³-hybridized carbons (Fsp3) is 0.545. The highest BCUT2D eigenvalue weighted by Gasteiger charge is 2.37. The molecular formula is C22H28F3N3O. The second kappa shape index (κ2) is 9.94. The van der Waals surface area contributed by atoms with E-state index in [4.69, 9.17) is 4.74 Å². The molecule has 1 N–H and O–H groups in total. The van der Waals surface area contributed by atoms with Gasteiger partial charge in [-0.15, -0.1) is 0 Å². The molecule has 1 aliphatic carbocycles. The lowest BCUT2D eigenvalue weighted by Gasteiger charge is -2.17. The molecule has 0 atom stereocenters. The number of hydrogen-bond acceptors (Lipinski definition) is 4. The third kappa shape index (κ3) is 6.34. The fourth-order valence-corrected chi connectivity index (χ4v) is 3.51. The minimum absolute atomic E-state index is 0.0988. The van der Waals surface area contributed by atoms with Crippen molar-refractivity contribution < 1.29 is 17.9 Å². The first-order valence-corrected chi connectivity index (χ1v) is 10.4.